The van der Waals surface area contributed by atoms with Crippen LogP contribution in [0.2, 0.25) is 0 Å². The molecular formula is C13H9BrFNO2. The summed E-state index contributed by atoms with van der Waals surface area (Å²) in [5, 5.41) is 11.8. The summed E-state index contributed by atoms with van der Waals surface area (Å²) in [6, 6.07) is 10.2. The van der Waals surface area contributed by atoms with Crippen LogP contribution < -0.4 is 5.32 Å². The number of rotatable bonds is 2. The van der Waals surface area contributed by atoms with E-state index in [-0.39, 0.29) is 5.75 Å². The lowest BCUT2D eigenvalue weighted by atomic mass is 10.2. The Morgan fingerprint density at radius 3 is 2.67 bits per heavy atom. The molecule has 0 bridgehead atoms. The minimum atomic E-state index is -0.455. The molecule has 18 heavy (non-hydrogen) atoms. The Kier molecular flexibility index (Phi) is 3.62. The van der Waals surface area contributed by atoms with Gasteiger partial charge in [-0.15, -0.1) is 0 Å². The standard InChI is InChI=1S/C13H9BrFNO2/c14-11-5-4-9(7-12(11)15)16-13(18)8-2-1-3-10(17)6-8/h1-7,17H,(H,16,18). The van der Waals surface area contributed by atoms with E-state index in [1.807, 2.05) is 0 Å². The molecule has 2 N–H and O–H groups in total. The first-order chi connectivity index (χ1) is 8.56. The van der Waals surface area contributed by atoms with Gasteiger partial charge in [-0.2, -0.15) is 0 Å². The van der Waals surface area contributed by atoms with Gasteiger partial charge in [0.25, 0.3) is 5.91 Å². The number of aromatic hydroxyl groups is 1. The van der Waals surface area contributed by atoms with Crippen LogP contribution >= 0.6 is 15.9 Å². The maximum Gasteiger partial charge on any atom is 0.255 e. The van der Waals surface area contributed by atoms with Crippen molar-refractivity contribution in [2.24, 2.45) is 0 Å². The Balaban J connectivity index is 2.18. The van der Waals surface area contributed by atoms with Crippen molar-refractivity contribution >= 4 is 27.5 Å². The highest BCUT2D eigenvalue weighted by molar-refractivity contribution is 9.10. The predicted molar refractivity (Wildman–Crippen MR) is 70.2 cm³/mol. The summed E-state index contributed by atoms with van der Waals surface area (Å²) in [7, 11) is 0. The molecule has 5 heteroatoms. The minimum absolute atomic E-state index is 0.00429. The van der Waals surface area contributed by atoms with E-state index >= 15 is 0 Å². The third kappa shape index (κ3) is 2.87. The van der Waals surface area contributed by atoms with E-state index in [9.17, 15) is 14.3 Å². The molecule has 0 saturated heterocycles. The van der Waals surface area contributed by atoms with E-state index in [1.54, 1.807) is 18.2 Å². The van der Waals surface area contributed by atoms with Gasteiger partial charge in [-0.05, 0) is 52.3 Å². The highest BCUT2D eigenvalue weighted by atomic mass is 79.9. The molecule has 0 aromatic heterocycles. The molecule has 0 aliphatic rings. The number of anilines is 1. The zero-order valence-electron chi connectivity index (χ0n) is 9.15. The Hall–Kier alpha value is -1.88. The summed E-state index contributed by atoms with van der Waals surface area (Å²) in [5.74, 6) is -0.860. The number of phenolic OH excluding ortho intramolecular Hbond substituents is 1. The second kappa shape index (κ2) is 5.18. The van der Waals surface area contributed by atoms with Gasteiger partial charge >= 0.3 is 0 Å². The molecule has 2 aromatic rings. The van der Waals surface area contributed by atoms with Crippen LogP contribution in [0.3, 0.4) is 0 Å². The second-order valence-corrected chi connectivity index (χ2v) is 4.49. The average molecular weight is 310 g/mol. The largest absolute Gasteiger partial charge is 0.508 e. The van der Waals surface area contributed by atoms with Crippen molar-refractivity contribution in [3.63, 3.8) is 0 Å². The predicted octanol–water partition coefficient (Wildman–Crippen LogP) is 3.55. The van der Waals surface area contributed by atoms with Gasteiger partial charge in [0, 0.05) is 11.3 Å². The lowest BCUT2D eigenvalue weighted by Crippen LogP contribution is -2.11. The van der Waals surface area contributed by atoms with Crippen LogP contribution in [0.15, 0.2) is 46.9 Å². The summed E-state index contributed by atoms with van der Waals surface area (Å²) in [6.07, 6.45) is 0. The third-order valence-corrected chi connectivity index (χ3v) is 2.93. The van der Waals surface area contributed by atoms with Crippen LogP contribution in [-0.2, 0) is 0 Å². The maximum atomic E-state index is 13.3. The normalized spacial score (nSPS) is 10.1. The molecule has 0 heterocycles. The Labute approximate surface area is 111 Å². The number of hydrogen-bond acceptors (Lipinski definition) is 2. The average Bonchev–Trinajstić information content (AvgIpc) is 2.34. The lowest BCUT2D eigenvalue weighted by molar-refractivity contribution is 0.102. The van der Waals surface area contributed by atoms with Gasteiger partial charge in [0.1, 0.15) is 11.6 Å². The van der Waals surface area contributed by atoms with Gasteiger partial charge in [-0.3, -0.25) is 4.79 Å². The SMILES string of the molecule is O=C(Nc1ccc(Br)c(F)c1)c1cccc(O)c1. The molecule has 0 aliphatic heterocycles. The molecule has 0 radical (unpaired) electrons. The first kappa shape index (κ1) is 12.6. The molecule has 0 spiro atoms. The summed E-state index contributed by atoms with van der Waals surface area (Å²) >= 11 is 3.03. The molecule has 0 fully saturated rings. The van der Waals surface area contributed by atoms with Crippen LogP contribution in [0.5, 0.6) is 5.75 Å². The number of hydrogen-bond donors (Lipinski definition) is 2. The number of amides is 1. The number of carbonyl (C=O) groups is 1. The van der Waals surface area contributed by atoms with Gasteiger partial charge in [0.15, 0.2) is 0 Å². The summed E-state index contributed by atoms with van der Waals surface area (Å²) in [5.41, 5.74) is 0.655. The zero-order chi connectivity index (χ0) is 13.1. The number of phenols is 1. The molecule has 92 valence electrons. The van der Waals surface area contributed by atoms with Gasteiger partial charge in [0.05, 0.1) is 4.47 Å². The molecule has 2 aromatic carbocycles. The number of nitrogens with one attached hydrogen (secondary N) is 1. The van der Waals surface area contributed by atoms with Gasteiger partial charge < -0.3 is 10.4 Å². The Bertz CT molecular complexity index is 601. The van der Waals surface area contributed by atoms with E-state index in [2.05, 4.69) is 21.2 Å². The number of carbonyl (C=O) groups excluding carboxylic acids is 1. The van der Waals surface area contributed by atoms with Crippen molar-refractivity contribution < 1.29 is 14.3 Å². The van der Waals surface area contributed by atoms with Gasteiger partial charge in [0.2, 0.25) is 0 Å². The van der Waals surface area contributed by atoms with Crippen molar-refractivity contribution in [3.05, 3.63) is 58.3 Å². The van der Waals surface area contributed by atoms with E-state index < -0.39 is 11.7 Å². The van der Waals surface area contributed by atoms with E-state index in [0.29, 0.717) is 15.7 Å². The first-order valence-corrected chi connectivity index (χ1v) is 5.91. The molecule has 3 nitrogen and oxygen atoms in total. The van der Waals surface area contributed by atoms with Crippen LogP contribution in [0.25, 0.3) is 0 Å². The quantitative estimate of drug-likeness (QED) is 0.891. The molecule has 0 saturated carbocycles. The van der Waals surface area contributed by atoms with Crippen LogP contribution in [0.4, 0.5) is 10.1 Å². The summed E-state index contributed by atoms with van der Waals surface area (Å²) in [6.45, 7) is 0. The molecular weight excluding hydrogens is 301 g/mol. The Morgan fingerprint density at radius 1 is 1.22 bits per heavy atom. The maximum absolute atomic E-state index is 13.3. The summed E-state index contributed by atoms with van der Waals surface area (Å²) < 4.78 is 13.6. The molecule has 0 atom stereocenters. The van der Waals surface area contributed by atoms with Crippen LogP contribution in [0, 0.1) is 5.82 Å². The lowest BCUT2D eigenvalue weighted by Gasteiger charge is -2.06. The topological polar surface area (TPSA) is 49.3 Å². The number of benzene rings is 2. The highest BCUT2D eigenvalue weighted by Crippen LogP contribution is 2.20. The fraction of sp³-hybridized carbons (Fsp3) is 0. The van der Waals surface area contributed by atoms with Crippen molar-refractivity contribution in [2.45, 2.75) is 0 Å². The second-order valence-electron chi connectivity index (χ2n) is 3.63. The van der Waals surface area contributed by atoms with E-state index in [4.69, 9.17) is 0 Å². The van der Waals surface area contributed by atoms with Gasteiger partial charge in [-0.1, -0.05) is 6.07 Å². The van der Waals surface area contributed by atoms with E-state index in [0.717, 1.165) is 0 Å². The fourth-order valence-electron chi connectivity index (χ4n) is 1.42. The molecule has 1 amide bonds. The van der Waals surface area contributed by atoms with E-state index in [1.165, 1.54) is 24.3 Å². The summed E-state index contributed by atoms with van der Waals surface area (Å²) in [4.78, 5) is 11.8. The third-order valence-electron chi connectivity index (χ3n) is 2.29. The monoisotopic (exact) mass is 309 g/mol. The smallest absolute Gasteiger partial charge is 0.255 e. The Morgan fingerprint density at radius 2 is 2.00 bits per heavy atom. The molecule has 0 aliphatic carbocycles. The van der Waals surface area contributed by atoms with Crippen molar-refractivity contribution in [2.75, 3.05) is 5.32 Å². The minimum Gasteiger partial charge on any atom is -0.508 e. The van der Waals surface area contributed by atoms with Crippen molar-refractivity contribution in [1.82, 2.24) is 0 Å². The fourth-order valence-corrected chi connectivity index (χ4v) is 1.67. The highest BCUT2D eigenvalue weighted by Gasteiger charge is 2.08. The van der Waals surface area contributed by atoms with Crippen molar-refractivity contribution in [3.8, 4) is 5.75 Å². The number of halogens is 2. The molecule has 0 unspecified atom stereocenters. The van der Waals surface area contributed by atoms with Gasteiger partial charge in [-0.25, -0.2) is 4.39 Å². The van der Waals surface area contributed by atoms with Crippen molar-refractivity contribution in [1.29, 1.82) is 0 Å². The zero-order valence-corrected chi connectivity index (χ0v) is 10.7. The van der Waals surface area contributed by atoms with Crippen LogP contribution in [-0.4, -0.2) is 11.0 Å². The first-order valence-electron chi connectivity index (χ1n) is 5.12. The van der Waals surface area contributed by atoms with Crippen LogP contribution in [0.1, 0.15) is 10.4 Å². The molecule has 2 rings (SSSR count).